The van der Waals surface area contributed by atoms with Crippen molar-refractivity contribution in [3.8, 4) is 0 Å². The van der Waals surface area contributed by atoms with Crippen LogP contribution in [0.5, 0.6) is 0 Å². The highest BCUT2D eigenvalue weighted by molar-refractivity contribution is 7.88. The summed E-state index contributed by atoms with van der Waals surface area (Å²) in [6.45, 7) is 0.343. The van der Waals surface area contributed by atoms with Crippen LogP contribution in [0.1, 0.15) is 5.82 Å². The molecule has 1 aromatic rings. The van der Waals surface area contributed by atoms with Gasteiger partial charge in [0.2, 0.25) is 0 Å². The molecule has 1 N–H and O–H groups in total. The normalized spacial score (nSPS) is 15.4. The van der Waals surface area contributed by atoms with E-state index in [9.17, 15) is 21.9 Å². The lowest BCUT2D eigenvalue weighted by Gasteiger charge is -2.04. The minimum Gasteiger partial charge on any atom is -0.300 e. The van der Waals surface area contributed by atoms with Gasteiger partial charge in [0.05, 0.1) is 12.8 Å². The van der Waals surface area contributed by atoms with Crippen LogP contribution in [-0.2, 0) is 23.6 Å². The first-order valence-electron chi connectivity index (χ1n) is 5.12. The second-order valence-electron chi connectivity index (χ2n) is 3.86. The van der Waals surface area contributed by atoms with Crippen LogP contribution in [0.2, 0.25) is 0 Å². The fraction of sp³-hybridized carbons (Fsp3) is 0.667. The van der Waals surface area contributed by atoms with Crippen LogP contribution < -0.4 is 4.57 Å². The topological polar surface area (TPSA) is 58.5 Å². The van der Waals surface area contributed by atoms with E-state index in [2.05, 4.69) is 4.36 Å². The minimum absolute atomic E-state index is 0.142. The fourth-order valence-corrected chi connectivity index (χ4v) is 2.20. The highest BCUT2D eigenvalue weighted by atomic mass is 32.2. The Bertz CT molecular complexity index is 530. The average Bonchev–Trinajstić information content (AvgIpc) is 2.54. The molecule has 5 nitrogen and oxygen atoms in total. The van der Waals surface area contributed by atoms with Crippen LogP contribution in [0.4, 0.5) is 13.2 Å². The average molecular weight is 286 g/mol. The molecule has 104 valence electrons. The van der Waals surface area contributed by atoms with Crippen LogP contribution in [0, 0.1) is 6.92 Å². The number of aryl methyl sites for hydroxylation is 2. The molecule has 0 saturated carbocycles. The molecule has 9 heteroatoms. The Morgan fingerprint density at radius 2 is 2.17 bits per heavy atom. The molecule has 0 saturated heterocycles. The zero-order chi connectivity index (χ0) is 14.0. The summed E-state index contributed by atoms with van der Waals surface area (Å²) < 4.78 is 62.6. The van der Waals surface area contributed by atoms with Crippen molar-refractivity contribution < 1.29 is 26.5 Å². The number of alkyl halides is 3. The van der Waals surface area contributed by atoms with Gasteiger partial charge in [-0.25, -0.2) is 17.7 Å². The Morgan fingerprint density at radius 3 is 2.61 bits per heavy atom. The summed E-state index contributed by atoms with van der Waals surface area (Å²) in [6, 6.07) is 0. The van der Waals surface area contributed by atoms with Crippen molar-refractivity contribution in [2.75, 3.05) is 12.3 Å². The zero-order valence-electron chi connectivity index (χ0n) is 10.0. The summed E-state index contributed by atoms with van der Waals surface area (Å²) in [4.78, 5) is 0. The lowest BCUT2D eigenvalue weighted by molar-refractivity contribution is -0.677. The number of hydrogen-bond acceptors (Lipinski definition) is 2. The monoisotopic (exact) mass is 286 g/mol. The molecular weight excluding hydrogens is 271 g/mol. The van der Waals surface area contributed by atoms with Gasteiger partial charge in [-0.05, 0) is 0 Å². The highest BCUT2D eigenvalue weighted by Crippen LogP contribution is 2.15. The van der Waals surface area contributed by atoms with Gasteiger partial charge < -0.3 is 4.55 Å². The summed E-state index contributed by atoms with van der Waals surface area (Å²) in [5, 5.41) is 0. The van der Waals surface area contributed by atoms with Crippen LogP contribution >= 0.6 is 0 Å². The van der Waals surface area contributed by atoms with Gasteiger partial charge in [-0.3, -0.25) is 0 Å². The molecule has 0 bridgehead atoms. The van der Waals surface area contributed by atoms with Crippen LogP contribution in [0.25, 0.3) is 0 Å². The fourth-order valence-electron chi connectivity index (χ4n) is 1.29. The van der Waals surface area contributed by atoms with Crippen molar-refractivity contribution in [2.45, 2.75) is 19.6 Å². The van der Waals surface area contributed by atoms with Gasteiger partial charge in [-0.2, -0.15) is 13.2 Å². The van der Waals surface area contributed by atoms with Gasteiger partial charge in [0.1, 0.15) is 25.5 Å². The maximum atomic E-state index is 11.9. The molecule has 0 aliphatic heterocycles. The number of rotatable bonds is 4. The highest BCUT2D eigenvalue weighted by Gasteiger charge is 2.27. The number of halogens is 3. The van der Waals surface area contributed by atoms with E-state index in [1.165, 1.54) is 0 Å². The Kier molecular flexibility index (Phi) is 4.38. The second kappa shape index (κ2) is 5.27. The van der Waals surface area contributed by atoms with Crippen LogP contribution in [-0.4, -0.2) is 31.8 Å². The zero-order valence-corrected chi connectivity index (χ0v) is 10.8. The van der Waals surface area contributed by atoms with Crippen LogP contribution in [0.15, 0.2) is 16.8 Å². The molecule has 18 heavy (non-hydrogen) atoms. The van der Waals surface area contributed by atoms with E-state index < -0.39 is 22.7 Å². The maximum absolute atomic E-state index is 11.9. The van der Waals surface area contributed by atoms with Gasteiger partial charge in [0.15, 0.2) is 10.0 Å². The summed E-state index contributed by atoms with van der Waals surface area (Å²) in [6.07, 6.45) is -1.11. The van der Waals surface area contributed by atoms with Crippen molar-refractivity contribution in [3.63, 3.8) is 0 Å². The Labute approximate surface area is 103 Å². The molecule has 0 amide bonds. The third-order valence-corrected chi connectivity index (χ3v) is 3.69. The SMILES string of the molecule is Cc1n(CCS(=O)(O)=NCC(F)(F)F)cc[n+]1C. The summed E-state index contributed by atoms with van der Waals surface area (Å²) in [7, 11) is -1.99. The molecular formula is C9H15F3N3O2S+. The van der Waals surface area contributed by atoms with Gasteiger partial charge >= 0.3 is 6.18 Å². The molecule has 1 rings (SSSR count). The van der Waals surface area contributed by atoms with E-state index in [4.69, 9.17) is 0 Å². The molecule has 0 fully saturated rings. The third kappa shape index (κ3) is 4.65. The number of nitrogens with zero attached hydrogens (tertiary/aromatic N) is 3. The van der Waals surface area contributed by atoms with E-state index in [0.717, 1.165) is 5.82 Å². The minimum atomic E-state index is -4.55. The van der Waals surface area contributed by atoms with Crippen molar-refractivity contribution in [1.82, 2.24) is 4.57 Å². The second-order valence-corrected chi connectivity index (χ2v) is 5.74. The molecule has 1 heterocycles. The number of aromatic nitrogens is 2. The van der Waals surface area contributed by atoms with E-state index in [0.29, 0.717) is 0 Å². The van der Waals surface area contributed by atoms with E-state index in [1.807, 2.05) is 0 Å². The predicted molar refractivity (Wildman–Crippen MR) is 59.3 cm³/mol. The quantitative estimate of drug-likeness (QED) is 0.843. The van der Waals surface area contributed by atoms with Crippen molar-refractivity contribution >= 4 is 10.0 Å². The Morgan fingerprint density at radius 1 is 1.56 bits per heavy atom. The van der Waals surface area contributed by atoms with Crippen molar-refractivity contribution in [3.05, 3.63) is 18.2 Å². The molecule has 0 aliphatic carbocycles. The predicted octanol–water partition coefficient (Wildman–Crippen LogP) is 1.12. The van der Waals surface area contributed by atoms with E-state index in [1.54, 1.807) is 35.5 Å². The smallest absolute Gasteiger partial charge is 0.300 e. The molecule has 0 aromatic carbocycles. The van der Waals surface area contributed by atoms with Gasteiger partial charge in [-0.1, -0.05) is 0 Å². The number of imidazole rings is 1. The Balaban J connectivity index is 2.68. The van der Waals surface area contributed by atoms with Crippen LogP contribution in [0.3, 0.4) is 0 Å². The first-order chi connectivity index (χ1) is 8.11. The molecule has 0 aliphatic rings. The number of hydrogen-bond donors (Lipinski definition) is 1. The van der Waals surface area contributed by atoms with Gasteiger partial charge in [-0.15, -0.1) is 0 Å². The summed E-state index contributed by atoms with van der Waals surface area (Å²) in [5.74, 6) is 0.500. The standard InChI is InChI=1S/C9H14F3N3O2S/c1-8-14(2)3-4-15(8)5-6-18(16,17)13-7-9(10,11)12/h3-4H,5-7H2,1-2H3/p+1. The first kappa shape index (κ1) is 15.0. The van der Waals surface area contributed by atoms with Crippen molar-refractivity contribution in [2.24, 2.45) is 11.4 Å². The van der Waals surface area contributed by atoms with Gasteiger partial charge in [0.25, 0.3) is 5.82 Å². The summed E-state index contributed by atoms with van der Waals surface area (Å²) >= 11 is 0. The summed E-state index contributed by atoms with van der Waals surface area (Å²) in [5.41, 5.74) is 0. The van der Waals surface area contributed by atoms with E-state index >= 15 is 0 Å². The lowest BCUT2D eigenvalue weighted by Crippen LogP contribution is -2.30. The first-order valence-corrected chi connectivity index (χ1v) is 6.76. The molecule has 0 radical (unpaired) electrons. The lowest BCUT2D eigenvalue weighted by atomic mass is 10.6. The molecule has 1 atom stereocenters. The Hall–Kier alpha value is -1.09. The molecule has 1 unspecified atom stereocenters. The van der Waals surface area contributed by atoms with Gasteiger partial charge in [0, 0.05) is 6.92 Å². The largest absolute Gasteiger partial charge is 0.408 e. The third-order valence-electron chi connectivity index (χ3n) is 2.44. The van der Waals surface area contributed by atoms with E-state index in [-0.39, 0.29) is 12.3 Å². The van der Waals surface area contributed by atoms with Crippen molar-refractivity contribution in [1.29, 1.82) is 0 Å². The molecule has 1 aromatic heterocycles. The molecule has 0 spiro atoms. The maximum Gasteiger partial charge on any atom is 0.408 e.